The molecule has 176 valence electrons. The van der Waals surface area contributed by atoms with E-state index in [2.05, 4.69) is 60.3 Å². The summed E-state index contributed by atoms with van der Waals surface area (Å²) in [5, 5.41) is 0. The van der Waals surface area contributed by atoms with E-state index in [1.54, 1.807) is 0 Å². The number of aryl methyl sites for hydroxylation is 2. The van der Waals surface area contributed by atoms with Crippen LogP contribution in [0.1, 0.15) is 73.1 Å². The maximum atomic E-state index is 5.02. The van der Waals surface area contributed by atoms with Gasteiger partial charge in [0.2, 0.25) is 0 Å². The van der Waals surface area contributed by atoms with Crippen LogP contribution in [0.4, 0.5) is 5.82 Å². The molecule has 4 aromatic heterocycles. The van der Waals surface area contributed by atoms with E-state index in [-0.39, 0.29) is 0 Å². The first kappa shape index (κ1) is 22.5. The van der Waals surface area contributed by atoms with E-state index in [1.807, 2.05) is 16.8 Å². The summed E-state index contributed by atoms with van der Waals surface area (Å²) in [5.74, 6) is 1.92. The second-order valence-electron chi connectivity index (χ2n) is 9.49. The molecule has 0 saturated carbocycles. The Morgan fingerprint density at radius 1 is 0.853 bits per heavy atom. The predicted molar refractivity (Wildman–Crippen MR) is 136 cm³/mol. The molecule has 5 heterocycles. The molecule has 4 aromatic rings. The second kappa shape index (κ2) is 10.3. The van der Waals surface area contributed by atoms with Gasteiger partial charge in [-0.15, -0.1) is 0 Å². The van der Waals surface area contributed by atoms with Crippen molar-refractivity contribution in [3.8, 4) is 0 Å². The molecule has 6 heteroatoms. The number of pyridine rings is 2. The average molecular weight is 455 g/mol. The Balaban J connectivity index is 1.45. The Hall–Kier alpha value is -3.28. The minimum absolute atomic E-state index is 0.661. The zero-order valence-corrected chi connectivity index (χ0v) is 20.4. The third-order valence-electron chi connectivity index (χ3n) is 6.54. The molecule has 5 rings (SSSR count). The number of rotatable bonds is 8. The lowest BCUT2D eigenvalue weighted by Gasteiger charge is -2.28. The van der Waals surface area contributed by atoms with Gasteiger partial charge >= 0.3 is 0 Å². The molecule has 6 nitrogen and oxygen atoms in total. The summed E-state index contributed by atoms with van der Waals surface area (Å²) in [5.41, 5.74) is 6.73. The van der Waals surface area contributed by atoms with Gasteiger partial charge < -0.3 is 9.30 Å². The lowest BCUT2D eigenvalue weighted by atomic mass is 10.1. The molecular weight excluding hydrogens is 420 g/mol. The van der Waals surface area contributed by atoms with Crippen molar-refractivity contribution in [3.05, 3.63) is 83.0 Å². The van der Waals surface area contributed by atoms with E-state index in [4.69, 9.17) is 15.0 Å². The van der Waals surface area contributed by atoms with Crippen LogP contribution in [0.25, 0.3) is 5.65 Å². The van der Waals surface area contributed by atoms with Crippen LogP contribution < -0.4 is 4.90 Å². The number of nitrogens with zero attached hydrogens (tertiary/aromatic N) is 6. The zero-order valence-electron chi connectivity index (χ0n) is 20.4. The van der Waals surface area contributed by atoms with Crippen molar-refractivity contribution in [2.45, 2.75) is 65.2 Å². The Kier molecular flexibility index (Phi) is 6.84. The van der Waals surface area contributed by atoms with Gasteiger partial charge in [-0.2, -0.15) is 0 Å². The van der Waals surface area contributed by atoms with Crippen molar-refractivity contribution < 1.29 is 0 Å². The molecule has 1 aliphatic heterocycles. The maximum absolute atomic E-state index is 5.02. The monoisotopic (exact) mass is 454 g/mol. The number of anilines is 1. The zero-order chi connectivity index (χ0) is 23.3. The van der Waals surface area contributed by atoms with E-state index in [9.17, 15) is 0 Å². The second-order valence-corrected chi connectivity index (χ2v) is 9.49. The van der Waals surface area contributed by atoms with E-state index >= 15 is 0 Å². The van der Waals surface area contributed by atoms with Crippen LogP contribution in [0.3, 0.4) is 0 Å². The van der Waals surface area contributed by atoms with Gasteiger partial charge in [-0.25, -0.2) is 15.0 Å². The summed E-state index contributed by atoms with van der Waals surface area (Å²) in [6.45, 7) is 6.52. The van der Waals surface area contributed by atoms with Crippen LogP contribution >= 0.6 is 0 Å². The van der Waals surface area contributed by atoms with Gasteiger partial charge in [0.1, 0.15) is 17.3 Å². The largest absolute Gasteiger partial charge is 0.357 e. The van der Waals surface area contributed by atoms with Gasteiger partial charge in [-0.05, 0) is 74.4 Å². The Bertz CT molecular complexity index is 1250. The van der Waals surface area contributed by atoms with Gasteiger partial charge in [-0.1, -0.05) is 13.3 Å². The fourth-order valence-electron chi connectivity index (χ4n) is 4.82. The van der Waals surface area contributed by atoms with Crippen LogP contribution in [-0.2, 0) is 19.3 Å². The highest BCUT2D eigenvalue weighted by Crippen LogP contribution is 2.21. The fourth-order valence-corrected chi connectivity index (χ4v) is 4.82. The molecule has 1 saturated heterocycles. The number of hydrogen-bond donors (Lipinski definition) is 0. The number of piperidine rings is 1. The molecule has 34 heavy (non-hydrogen) atoms. The van der Waals surface area contributed by atoms with Gasteiger partial charge in [0.05, 0.1) is 12.1 Å². The SMILES string of the molecule is CCCCc1cc(C)cc(Cc2nc(Cc3ccn4ccnc4c3)cc(N3CCCCC3)n2)n1. The molecule has 0 N–H and O–H groups in total. The molecule has 0 spiro atoms. The summed E-state index contributed by atoms with van der Waals surface area (Å²) in [7, 11) is 0. The summed E-state index contributed by atoms with van der Waals surface area (Å²) in [6, 6.07) is 10.9. The summed E-state index contributed by atoms with van der Waals surface area (Å²) in [6.07, 6.45) is 14.4. The van der Waals surface area contributed by atoms with Crippen molar-refractivity contribution in [3.63, 3.8) is 0 Å². The molecule has 0 atom stereocenters. The standard InChI is InChI=1S/C28H34N6/c1-3-4-8-23-15-21(2)16-24(30-23)19-26-31-25(20-28(32-26)33-11-6-5-7-12-33)17-22-9-13-34-14-10-29-27(34)18-22/h9-10,13-16,18,20H,3-8,11-12,17,19H2,1-2H3. The van der Waals surface area contributed by atoms with E-state index in [0.717, 1.165) is 54.6 Å². The normalized spacial score (nSPS) is 14.1. The molecule has 1 fully saturated rings. The fraction of sp³-hybridized carbons (Fsp3) is 0.429. The first-order valence-corrected chi connectivity index (χ1v) is 12.7. The maximum Gasteiger partial charge on any atom is 0.136 e. The van der Waals surface area contributed by atoms with Crippen molar-refractivity contribution in [2.75, 3.05) is 18.0 Å². The quantitative estimate of drug-likeness (QED) is 0.360. The number of aromatic nitrogens is 5. The minimum Gasteiger partial charge on any atom is -0.357 e. The lowest BCUT2D eigenvalue weighted by molar-refractivity contribution is 0.571. The Labute approximate surface area is 202 Å². The molecule has 0 unspecified atom stereocenters. The van der Waals surface area contributed by atoms with Crippen LogP contribution in [-0.4, -0.2) is 37.4 Å². The molecule has 0 aliphatic carbocycles. The third kappa shape index (κ3) is 5.44. The smallest absolute Gasteiger partial charge is 0.136 e. The predicted octanol–water partition coefficient (Wildman–Crippen LogP) is 5.34. The summed E-state index contributed by atoms with van der Waals surface area (Å²) < 4.78 is 2.04. The topological polar surface area (TPSA) is 59.2 Å². The minimum atomic E-state index is 0.661. The third-order valence-corrected chi connectivity index (χ3v) is 6.54. The summed E-state index contributed by atoms with van der Waals surface area (Å²) in [4.78, 5) is 21.8. The van der Waals surface area contributed by atoms with Crippen LogP contribution in [0, 0.1) is 6.92 Å². The Morgan fingerprint density at radius 2 is 1.68 bits per heavy atom. The van der Waals surface area contributed by atoms with Crippen LogP contribution in [0.2, 0.25) is 0 Å². The van der Waals surface area contributed by atoms with Gasteiger partial charge in [0.25, 0.3) is 0 Å². The van der Waals surface area contributed by atoms with Crippen molar-refractivity contribution in [1.29, 1.82) is 0 Å². The van der Waals surface area contributed by atoms with Crippen molar-refractivity contribution >= 4 is 11.5 Å². The van der Waals surface area contributed by atoms with E-state index in [0.29, 0.717) is 6.42 Å². The van der Waals surface area contributed by atoms with Crippen molar-refractivity contribution in [1.82, 2.24) is 24.3 Å². The average Bonchev–Trinajstić information content (AvgIpc) is 3.31. The Morgan fingerprint density at radius 3 is 2.53 bits per heavy atom. The van der Waals surface area contributed by atoms with E-state index < -0.39 is 0 Å². The van der Waals surface area contributed by atoms with Gasteiger partial charge in [0, 0.05) is 55.6 Å². The number of imidazole rings is 1. The number of unbranched alkanes of at least 4 members (excludes halogenated alkanes) is 1. The number of fused-ring (bicyclic) bond motifs is 1. The van der Waals surface area contributed by atoms with Gasteiger partial charge in [-0.3, -0.25) is 4.98 Å². The van der Waals surface area contributed by atoms with Crippen molar-refractivity contribution in [2.24, 2.45) is 0 Å². The molecule has 1 aliphatic rings. The highest BCUT2D eigenvalue weighted by molar-refractivity contribution is 5.45. The molecule has 0 bridgehead atoms. The first-order valence-electron chi connectivity index (χ1n) is 12.7. The molecular formula is C28H34N6. The highest BCUT2D eigenvalue weighted by Gasteiger charge is 2.16. The van der Waals surface area contributed by atoms with Gasteiger partial charge in [0.15, 0.2) is 0 Å². The van der Waals surface area contributed by atoms with Crippen LogP contribution in [0.5, 0.6) is 0 Å². The van der Waals surface area contributed by atoms with E-state index in [1.165, 1.54) is 48.9 Å². The number of hydrogen-bond acceptors (Lipinski definition) is 5. The highest BCUT2D eigenvalue weighted by atomic mass is 15.2. The molecule has 0 amide bonds. The first-order chi connectivity index (χ1) is 16.7. The summed E-state index contributed by atoms with van der Waals surface area (Å²) >= 11 is 0. The van der Waals surface area contributed by atoms with Crippen LogP contribution in [0.15, 0.2) is 48.9 Å². The molecule has 0 radical (unpaired) electrons. The lowest BCUT2D eigenvalue weighted by Crippen LogP contribution is -2.30. The molecule has 0 aromatic carbocycles.